The maximum Gasteiger partial charge on any atom is 0.351 e. The lowest BCUT2D eigenvalue weighted by atomic mass is 9.79. The molecule has 0 unspecified atom stereocenters. The second kappa shape index (κ2) is 14.0. The Morgan fingerprint density at radius 2 is 1.52 bits per heavy atom. The molecule has 0 radical (unpaired) electrons. The average molecular weight is 790 g/mol. The Morgan fingerprint density at radius 3 is 2.02 bits per heavy atom. The van der Waals surface area contributed by atoms with E-state index in [4.69, 9.17) is 24.4 Å². The highest BCUT2D eigenvalue weighted by molar-refractivity contribution is 14.1. The van der Waals surface area contributed by atoms with Gasteiger partial charge in [0, 0.05) is 4.43 Å². The van der Waals surface area contributed by atoms with Gasteiger partial charge < -0.3 is 24.4 Å². The van der Waals surface area contributed by atoms with Gasteiger partial charge in [-0.15, -0.1) is 0 Å². The van der Waals surface area contributed by atoms with Crippen LogP contribution in [0.3, 0.4) is 0 Å². The topological polar surface area (TPSA) is 97.8 Å². The number of aromatic nitrogens is 2. The quantitative estimate of drug-likeness (QED) is 0.0732. The standard InChI is InChI=1S/C36H42F2IN3O5Si/c1-34(2,3)48(5,6)45-23-35(22-39)30(29(38)32(47-35)42-21-28(37)31(40)41-33(42)43)46-36(24-13-9-7-10-14-24,25-15-11-8-12-16-25)26-17-19-27(44-4)20-18-26/h7-21,29-30,32H,22-23H2,1-6H3,(H2,40,41,43)/t29-,30-,32+,35+/m0/s1. The van der Waals surface area contributed by atoms with Gasteiger partial charge in [-0.2, -0.15) is 4.98 Å². The largest absolute Gasteiger partial charge is 0.497 e. The number of nitrogens with zero attached hydrogens (tertiary/aromatic N) is 2. The minimum absolute atomic E-state index is 0.0318. The van der Waals surface area contributed by atoms with E-state index in [0.29, 0.717) is 11.3 Å². The summed E-state index contributed by atoms with van der Waals surface area (Å²) in [5.74, 6) is -0.901. The molecule has 8 nitrogen and oxygen atoms in total. The van der Waals surface area contributed by atoms with Gasteiger partial charge in [0.2, 0.25) is 0 Å². The number of anilines is 1. The number of ether oxygens (including phenoxy) is 3. The molecule has 3 aromatic carbocycles. The van der Waals surface area contributed by atoms with Gasteiger partial charge in [-0.3, -0.25) is 4.57 Å². The molecule has 1 aliphatic heterocycles. The maximum atomic E-state index is 17.4. The van der Waals surface area contributed by atoms with Crippen molar-refractivity contribution in [2.75, 3.05) is 23.9 Å². The highest BCUT2D eigenvalue weighted by Gasteiger charge is 2.61. The number of hydrogen-bond donors (Lipinski definition) is 1. The minimum atomic E-state index is -2.41. The second-order valence-corrected chi connectivity index (χ2v) is 19.1. The number of methoxy groups -OCH3 is 1. The molecule has 0 aliphatic carbocycles. The molecule has 2 N–H and O–H groups in total. The van der Waals surface area contributed by atoms with Crippen LogP contribution in [-0.2, 0) is 19.5 Å². The van der Waals surface area contributed by atoms with E-state index in [9.17, 15) is 9.18 Å². The smallest absolute Gasteiger partial charge is 0.351 e. The van der Waals surface area contributed by atoms with Crippen LogP contribution in [0.2, 0.25) is 18.1 Å². The zero-order chi connectivity index (χ0) is 34.9. The van der Waals surface area contributed by atoms with Gasteiger partial charge in [0.15, 0.2) is 32.4 Å². The molecule has 1 saturated heterocycles. The van der Waals surface area contributed by atoms with Gasteiger partial charge in [-0.25, -0.2) is 13.6 Å². The lowest BCUT2D eigenvalue weighted by Crippen LogP contribution is -2.55. The fourth-order valence-electron chi connectivity index (χ4n) is 5.68. The van der Waals surface area contributed by atoms with Crippen LogP contribution >= 0.6 is 22.6 Å². The van der Waals surface area contributed by atoms with Crippen molar-refractivity contribution in [2.24, 2.45) is 0 Å². The summed E-state index contributed by atoms with van der Waals surface area (Å²) in [5.41, 5.74) is 4.03. The Balaban J connectivity index is 1.75. The van der Waals surface area contributed by atoms with E-state index < -0.39 is 55.3 Å². The van der Waals surface area contributed by atoms with E-state index in [-0.39, 0.29) is 16.1 Å². The van der Waals surface area contributed by atoms with Gasteiger partial charge >= 0.3 is 5.69 Å². The van der Waals surface area contributed by atoms with E-state index in [2.05, 4.69) is 61.4 Å². The molecule has 256 valence electrons. The lowest BCUT2D eigenvalue weighted by Gasteiger charge is -2.44. The number of nitrogen functional groups attached to an aromatic ring is 1. The van der Waals surface area contributed by atoms with Crippen molar-refractivity contribution >= 4 is 36.7 Å². The summed E-state index contributed by atoms with van der Waals surface area (Å²) in [4.78, 5) is 16.7. The van der Waals surface area contributed by atoms with E-state index in [1.165, 1.54) is 0 Å². The number of rotatable bonds is 11. The Hall–Kier alpha value is -3.17. The summed E-state index contributed by atoms with van der Waals surface area (Å²) < 4.78 is 59.3. The molecule has 12 heteroatoms. The van der Waals surface area contributed by atoms with Crippen molar-refractivity contribution in [3.8, 4) is 5.75 Å². The molecule has 4 aromatic rings. The number of alkyl halides is 2. The van der Waals surface area contributed by atoms with Crippen LogP contribution in [0.25, 0.3) is 0 Å². The van der Waals surface area contributed by atoms with Crippen molar-refractivity contribution in [1.82, 2.24) is 9.55 Å². The summed E-state index contributed by atoms with van der Waals surface area (Å²) in [6.45, 7) is 10.5. The lowest BCUT2D eigenvalue weighted by molar-refractivity contribution is -0.150. The first kappa shape index (κ1) is 36.1. The van der Waals surface area contributed by atoms with Crippen LogP contribution in [-0.4, -0.2) is 53.9 Å². The number of hydrogen-bond acceptors (Lipinski definition) is 7. The predicted octanol–water partition coefficient (Wildman–Crippen LogP) is 7.41. The van der Waals surface area contributed by atoms with Gasteiger partial charge in [-0.05, 0) is 47.0 Å². The van der Waals surface area contributed by atoms with Crippen LogP contribution in [0.1, 0.15) is 43.7 Å². The third-order valence-electron chi connectivity index (χ3n) is 9.51. The molecular weight excluding hydrogens is 747 g/mol. The zero-order valence-electron chi connectivity index (χ0n) is 28.0. The second-order valence-electron chi connectivity index (χ2n) is 13.5. The van der Waals surface area contributed by atoms with Gasteiger partial charge in [0.05, 0.1) is 19.9 Å². The summed E-state index contributed by atoms with van der Waals surface area (Å²) in [6.07, 6.45) is -4.03. The molecule has 1 fully saturated rings. The molecule has 2 heterocycles. The summed E-state index contributed by atoms with van der Waals surface area (Å²) in [6, 6.07) is 26.5. The molecule has 0 saturated carbocycles. The third kappa shape index (κ3) is 6.69. The number of benzene rings is 3. The normalized spacial score (nSPS) is 21.7. The molecule has 0 amide bonds. The fourth-order valence-corrected chi connectivity index (χ4v) is 7.55. The number of halogens is 3. The molecule has 0 bridgehead atoms. The van der Waals surface area contributed by atoms with Gasteiger partial charge in [-0.1, -0.05) is 116 Å². The Morgan fingerprint density at radius 1 is 0.979 bits per heavy atom. The molecule has 0 spiro atoms. The molecule has 4 atom stereocenters. The Kier molecular flexibility index (Phi) is 10.5. The highest BCUT2D eigenvalue weighted by atomic mass is 127. The maximum absolute atomic E-state index is 17.4. The molecule has 5 rings (SSSR count). The summed E-state index contributed by atoms with van der Waals surface area (Å²) in [5, 5.41) is -0.162. The van der Waals surface area contributed by atoms with Crippen LogP contribution in [0.15, 0.2) is 95.9 Å². The fraction of sp³-hybridized carbons (Fsp3) is 0.389. The predicted molar refractivity (Wildman–Crippen MR) is 193 cm³/mol. The Bertz CT molecular complexity index is 1720. The van der Waals surface area contributed by atoms with Crippen molar-refractivity contribution in [3.05, 3.63) is 124 Å². The zero-order valence-corrected chi connectivity index (χ0v) is 31.1. The summed E-state index contributed by atoms with van der Waals surface area (Å²) in [7, 11) is -0.821. The SMILES string of the molecule is COc1ccc(C(O[C@H]2[C@H](F)[C@H](n3cc(F)c(N)nc3=O)O[C@]2(CI)CO[Si](C)(C)C(C)(C)C)(c2ccccc2)c2ccccc2)cc1. The molecule has 1 aromatic heterocycles. The minimum Gasteiger partial charge on any atom is -0.497 e. The van der Waals surface area contributed by atoms with Gasteiger partial charge in [0.1, 0.15) is 23.1 Å². The van der Waals surface area contributed by atoms with Crippen LogP contribution in [0, 0.1) is 5.82 Å². The highest BCUT2D eigenvalue weighted by Crippen LogP contribution is 2.50. The number of nitrogens with two attached hydrogens (primary N) is 1. The first-order chi connectivity index (χ1) is 22.7. The first-order valence-electron chi connectivity index (χ1n) is 15.7. The van der Waals surface area contributed by atoms with Crippen molar-refractivity contribution in [3.63, 3.8) is 0 Å². The molecule has 48 heavy (non-hydrogen) atoms. The van der Waals surface area contributed by atoms with E-state index in [1.54, 1.807) is 7.11 Å². The summed E-state index contributed by atoms with van der Waals surface area (Å²) >= 11 is 2.15. The molecule has 1 aliphatic rings. The van der Waals surface area contributed by atoms with E-state index >= 15 is 4.39 Å². The van der Waals surface area contributed by atoms with Crippen LogP contribution < -0.4 is 16.2 Å². The average Bonchev–Trinajstić information content (AvgIpc) is 3.35. The first-order valence-corrected chi connectivity index (χ1v) is 20.1. The molecular formula is C36H42F2IN3O5Si. The van der Waals surface area contributed by atoms with Gasteiger partial charge in [0.25, 0.3) is 0 Å². The van der Waals surface area contributed by atoms with Crippen LogP contribution in [0.5, 0.6) is 5.75 Å². The van der Waals surface area contributed by atoms with Crippen molar-refractivity contribution < 1.29 is 27.4 Å². The van der Waals surface area contributed by atoms with E-state index in [1.807, 2.05) is 84.9 Å². The van der Waals surface area contributed by atoms with Crippen LogP contribution in [0.4, 0.5) is 14.6 Å². The third-order valence-corrected chi connectivity index (χ3v) is 15.3. The van der Waals surface area contributed by atoms with Crippen molar-refractivity contribution in [1.29, 1.82) is 0 Å². The van der Waals surface area contributed by atoms with E-state index in [0.717, 1.165) is 21.9 Å². The van der Waals surface area contributed by atoms with Crippen molar-refractivity contribution in [2.45, 2.75) is 68.6 Å². The Labute approximate surface area is 294 Å². The monoisotopic (exact) mass is 789 g/mol.